The predicted molar refractivity (Wildman–Crippen MR) is 65.4 cm³/mol. The van der Waals surface area contributed by atoms with E-state index >= 15 is 0 Å². The van der Waals surface area contributed by atoms with Crippen LogP contribution in [0.4, 0.5) is 0 Å². The van der Waals surface area contributed by atoms with E-state index in [1.807, 2.05) is 0 Å². The van der Waals surface area contributed by atoms with Gasteiger partial charge in [-0.25, -0.2) is 0 Å². The Morgan fingerprint density at radius 3 is 2.80 bits per heavy atom. The van der Waals surface area contributed by atoms with Crippen molar-refractivity contribution in [3.63, 3.8) is 0 Å². The van der Waals surface area contributed by atoms with E-state index in [2.05, 4.69) is 17.1 Å². The van der Waals surface area contributed by atoms with E-state index in [1.165, 1.54) is 23.1 Å². The lowest BCUT2D eigenvalue weighted by Crippen LogP contribution is -2.22. The molecule has 1 amide bonds. The van der Waals surface area contributed by atoms with Gasteiger partial charge in [0.15, 0.2) is 8.68 Å². The van der Waals surface area contributed by atoms with Crippen LogP contribution < -0.4 is 5.73 Å². The van der Waals surface area contributed by atoms with E-state index in [4.69, 9.17) is 5.73 Å². The quantitative estimate of drug-likeness (QED) is 0.795. The number of aromatic nitrogens is 2. The standard InChI is InChI=1S/C8H13N3OS3/c1-3-4-13-7-10-11-8(15-7)14-5(2)6(9)12/h5H,3-4H2,1-2H3,(H2,9,12)/t5-/m1/s1. The fourth-order valence-corrected chi connectivity index (χ4v) is 3.74. The highest BCUT2D eigenvalue weighted by Gasteiger charge is 2.13. The van der Waals surface area contributed by atoms with Crippen molar-refractivity contribution in [2.75, 3.05) is 5.75 Å². The maximum Gasteiger partial charge on any atom is 0.230 e. The summed E-state index contributed by atoms with van der Waals surface area (Å²) in [5, 5.41) is 7.77. The largest absolute Gasteiger partial charge is 0.369 e. The average Bonchev–Trinajstić information content (AvgIpc) is 2.62. The molecule has 4 nitrogen and oxygen atoms in total. The van der Waals surface area contributed by atoms with Crippen LogP contribution in [-0.4, -0.2) is 27.1 Å². The number of hydrogen-bond donors (Lipinski definition) is 1. The molecule has 0 radical (unpaired) electrons. The van der Waals surface area contributed by atoms with Gasteiger partial charge in [0.2, 0.25) is 5.91 Å². The maximum atomic E-state index is 10.8. The third-order valence-corrected chi connectivity index (χ3v) is 4.96. The summed E-state index contributed by atoms with van der Waals surface area (Å²) in [6.45, 7) is 3.89. The third kappa shape index (κ3) is 4.40. The Kier molecular flexibility index (Phi) is 5.41. The zero-order chi connectivity index (χ0) is 11.3. The smallest absolute Gasteiger partial charge is 0.230 e. The van der Waals surface area contributed by atoms with Crippen molar-refractivity contribution in [1.29, 1.82) is 0 Å². The van der Waals surface area contributed by atoms with Gasteiger partial charge in [0.1, 0.15) is 0 Å². The molecule has 0 aliphatic carbocycles. The summed E-state index contributed by atoms with van der Waals surface area (Å²) in [5.74, 6) is 0.725. The van der Waals surface area contributed by atoms with Crippen molar-refractivity contribution in [3.8, 4) is 0 Å². The molecule has 0 saturated heterocycles. The van der Waals surface area contributed by atoms with Crippen molar-refractivity contribution in [1.82, 2.24) is 10.2 Å². The molecule has 0 unspecified atom stereocenters. The molecule has 0 saturated carbocycles. The first kappa shape index (κ1) is 12.8. The lowest BCUT2D eigenvalue weighted by atomic mass is 10.5. The molecule has 1 aromatic heterocycles. The lowest BCUT2D eigenvalue weighted by molar-refractivity contribution is -0.117. The predicted octanol–water partition coefficient (Wildman–Crippen LogP) is 2.01. The number of amides is 1. The number of primary amides is 1. The van der Waals surface area contributed by atoms with E-state index in [-0.39, 0.29) is 11.2 Å². The molecule has 84 valence electrons. The van der Waals surface area contributed by atoms with Crippen molar-refractivity contribution in [3.05, 3.63) is 0 Å². The molecular weight excluding hydrogens is 250 g/mol. The first-order valence-corrected chi connectivity index (χ1v) is 7.24. The van der Waals surface area contributed by atoms with Crippen molar-refractivity contribution < 1.29 is 4.79 Å². The molecule has 0 bridgehead atoms. The van der Waals surface area contributed by atoms with E-state index in [1.54, 1.807) is 18.7 Å². The highest BCUT2D eigenvalue weighted by atomic mass is 32.2. The summed E-state index contributed by atoms with van der Waals surface area (Å²) in [4.78, 5) is 10.8. The topological polar surface area (TPSA) is 68.9 Å². The zero-order valence-electron chi connectivity index (χ0n) is 8.60. The van der Waals surface area contributed by atoms with Crippen LogP contribution in [0.15, 0.2) is 8.68 Å². The molecule has 15 heavy (non-hydrogen) atoms. The summed E-state index contributed by atoms with van der Waals surface area (Å²) in [6.07, 6.45) is 1.12. The van der Waals surface area contributed by atoms with Gasteiger partial charge in [0.25, 0.3) is 0 Å². The van der Waals surface area contributed by atoms with Gasteiger partial charge in [-0.15, -0.1) is 10.2 Å². The molecule has 1 heterocycles. The number of nitrogens with two attached hydrogens (primary N) is 1. The van der Waals surface area contributed by atoms with E-state index in [0.29, 0.717) is 0 Å². The molecule has 0 fully saturated rings. The Hall–Kier alpha value is -0.270. The zero-order valence-corrected chi connectivity index (χ0v) is 11.0. The third-order valence-electron chi connectivity index (χ3n) is 1.50. The Bertz CT molecular complexity index is 329. The number of carbonyl (C=O) groups excluding carboxylic acids is 1. The second kappa shape index (κ2) is 6.34. The first-order valence-electron chi connectivity index (χ1n) is 4.55. The molecule has 7 heteroatoms. The van der Waals surface area contributed by atoms with Crippen LogP contribution in [0.25, 0.3) is 0 Å². The molecule has 1 atom stereocenters. The van der Waals surface area contributed by atoms with Crippen molar-refractivity contribution in [2.24, 2.45) is 5.73 Å². The molecule has 2 N–H and O–H groups in total. The molecule has 0 aliphatic rings. The fraction of sp³-hybridized carbons (Fsp3) is 0.625. The van der Waals surface area contributed by atoms with Gasteiger partial charge in [-0.3, -0.25) is 4.79 Å². The van der Waals surface area contributed by atoms with Gasteiger partial charge in [0, 0.05) is 5.75 Å². The fourth-order valence-electron chi connectivity index (χ4n) is 0.702. The molecule has 0 aliphatic heterocycles. The van der Waals surface area contributed by atoms with Crippen LogP contribution in [0.5, 0.6) is 0 Å². The van der Waals surface area contributed by atoms with E-state index < -0.39 is 0 Å². The Morgan fingerprint density at radius 2 is 2.20 bits per heavy atom. The Balaban J connectivity index is 2.49. The molecule has 1 aromatic rings. The van der Waals surface area contributed by atoms with Crippen molar-refractivity contribution >= 4 is 40.8 Å². The Morgan fingerprint density at radius 1 is 1.53 bits per heavy atom. The van der Waals surface area contributed by atoms with Gasteiger partial charge >= 0.3 is 0 Å². The second-order valence-electron chi connectivity index (χ2n) is 2.84. The first-order chi connectivity index (χ1) is 7.13. The summed E-state index contributed by atoms with van der Waals surface area (Å²) in [7, 11) is 0. The SMILES string of the molecule is CCCSc1nnc(S[C@H](C)C(N)=O)s1. The summed E-state index contributed by atoms with van der Waals surface area (Å²) < 4.78 is 1.76. The van der Waals surface area contributed by atoms with Gasteiger partial charge in [-0.1, -0.05) is 41.8 Å². The number of rotatable bonds is 6. The second-order valence-corrected chi connectivity index (χ2v) is 6.75. The number of thioether (sulfide) groups is 2. The van der Waals surface area contributed by atoms with Crippen LogP contribution in [0.2, 0.25) is 0 Å². The van der Waals surface area contributed by atoms with Crippen LogP contribution in [-0.2, 0) is 4.79 Å². The van der Waals surface area contributed by atoms with Gasteiger partial charge in [-0.2, -0.15) is 0 Å². The number of hydrogen-bond acceptors (Lipinski definition) is 6. The highest BCUT2D eigenvalue weighted by Crippen LogP contribution is 2.31. The van der Waals surface area contributed by atoms with Crippen LogP contribution >= 0.6 is 34.9 Å². The van der Waals surface area contributed by atoms with Crippen LogP contribution in [0.1, 0.15) is 20.3 Å². The minimum atomic E-state index is -0.321. The number of nitrogens with zero attached hydrogens (tertiary/aromatic N) is 2. The van der Waals surface area contributed by atoms with Crippen LogP contribution in [0.3, 0.4) is 0 Å². The molecular formula is C8H13N3OS3. The summed E-state index contributed by atoms with van der Waals surface area (Å²) >= 11 is 4.57. The van der Waals surface area contributed by atoms with Crippen molar-refractivity contribution in [2.45, 2.75) is 34.2 Å². The maximum absolute atomic E-state index is 10.8. The lowest BCUT2D eigenvalue weighted by Gasteiger charge is -2.01. The average molecular weight is 263 g/mol. The summed E-state index contributed by atoms with van der Waals surface area (Å²) in [5.41, 5.74) is 5.16. The monoisotopic (exact) mass is 263 g/mol. The molecule has 0 spiro atoms. The minimum Gasteiger partial charge on any atom is -0.369 e. The van der Waals surface area contributed by atoms with E-state index in [9.17, 15) is 4.79 Å². The molecule has 0 aromatic carbocycles. The Labute approximate surface area is 101 Å². The summed E-state index contributed by atoms with van der Waals surface area (Å²) in [6, 6.07) is 0. The van der Waals surface area contributed by atoms with Gasteiger partial charge in [0.05, 0.1) is 5.25 Å². The van der Waals surface area contributed by atoms with Crippen LogP contribution in [0, 0.1) is 0 Å². The minimum absolute atomic E-state index is 0.248. The highest BCUT2D eigenvalue weighted by molar-refractivity contribution is 8.03. The molecule has 1 rings (SSSR count). The van der Waals surface area contributed by atoms with Gasteiger partial charge in [-0.05, 0) is 13.3 Å². The van der Waals surface area contributed by atoms with E-state index in [0.717, 1.165) is 20.9 Å². The number of carbonyl (C=O) groups is 1. The normalized spacial score (nSPS) is 12.7. The van der Waals surface area contributed by atoms with Gasteiger partial charge < -0.3 is 5.73 Å².